The molecule has 35 heavy (non-hydrogen) atoms. The second kappa shape index (κ2) is 9.91. The lowest BCUT2D eigenvalue weighted by molar-refractivity contribution is 0.0970. The highest BCUT2D eigenvalue weighted by atomic mass is 79.9. The second-order valence-corrected chi connectivity index (χ2v) is 10.3. The van der Waals surface area contributed by atoms with Crippen LogP contribution in [0.3, 0.4) is 0 Å². The van der Waals surface area contributed by atoms with Gasteiger partial charge in [0.05, 0.1) is 23.6 Å². The Labute approximate surface area is 214 Å². The molecule has 180 valence electrons. The molecule has 0 saturated heterocycles. The summed E-state index contributed by atoms with van der Waals surface area (Å²) in [5.41, 5.74) is 1.22. The third kappa shape index (κ3) is 4.38. The van der Waals surface area contributed by atoms with E-state index in [1.54, 1.807) is 18.2 Å². The molecule has 4 aromatic rings. The normalized spacial score (nSPS) is 15.1. The maximum atomic E-state index is 13.7. The number of rotatable bonds is 8. The number of hydrogen-bond acceptors (Lipinski definition) is 7. The SMILES string of the molecule is CCCCCOc1ccc(C2c3c(oc4ccc(Br)cc4c3=O)C(=O)N2c2nnc(CC)s2)cc1. The minimum absolute atomic E-state index is 0.0444. The van der Waals surface area contributed by atoms with E-state index in [1.165, 1.54) is 16.2 Å². The van der Waals surface area contributed by atoms with Crippen LogP contribution in [-0.2, 0) is 6.42 Å². The number of aromatic nitrogens is 2. The maximum absolute atomic E-state index is 13.7. The van der Waals surface area contributed by atoms with Crippen molar-refractivity contribution in [3.05, 3.63) is 79.1 Å². The molecule has 0 bridgehead atoms. The molecule has 3 heterocycles. The Morgan fingerprint density at radius 3 is 2.60 bits per heavy atom. The van der Waals surface area contributed by atoms with Gasteiger partial charge < -0.3 is 9.15 Å². The molecule has 1 unspecified atom stereocenters. The molecule has 1 amide bonds. The maximum Gasteiger partial charge on any atom is 0.297 e. The minimum atomic E-state index is -0.677. The number of amides is 1. The van der Waals surface area contributed by atoms with Gasteiger partial charge in [0, 0.05) is 4.47 Å². The van der Waals surface area contributed by atoms with Crippen molar-refractivity contribution in [1.82, 2.24) is 10.2 Å². The van der Waals surface area contributed by atoms with E-state index in [0.717, 1.165) is 40.1 Å². The van der Waals surface area contributed by atoms with E-state index in [2.05, 4.69) is 33.1 Å². The molecule has 7 nitrogen and oxygen atoms in total. The van der Waals surface area contributed by atoms with Gasteiger partial charge in [-0.25, -0.2) is 0 Å². The van der Waals surface area contributed by atoms with Crippen molar-refractivity contribution in [2.45, 2.75) is 45.6 Å². The fourth-order valence-corrected chi connectivity index (χ4v) is 5.40. The summed E-state index contributed by atoms with van der Waals surface area (Å²) in [5.74, 6) is 0.396. The van der Waals surface area contributed by atoms with E-state index < -0.39 is 11.9 Å². The summed E-state index contributed by atoms with van der Waals surface area (Å²) in [6.45, 7) is 4.79. The Hall–Kier alpha value is -3.04. The predicted molar refractivity (Wildman–Crippen MR) is 140 cm³/mol. The lowest BCUT2D eigenvalue weighted by Crippen LogP contribution is -2.29. The van der Waals surface area contributed by atoms with Crippen molar-refractivity contribution in [2.75, 3.05) is 11.5 Å². The van der Waals surface area contributed by atoms with Gasteiger partial charge in [0.25, 0.3) is 5.91 Å². The van der Waals surface area contributed by atoms with Crippen molar-refractivity contribution in [3.8, 4) is 5.75 Å². The van der Waals surface area contributed by atoms with Crippen LogP contribution in [0, 0.1) is 0 Å². The summed E-state index contributed by atoms with van der Waals surface area (Å²) >= 11 is 4.77. The fourth-order valence-electron chi connectivity index (χ4n) is 4.23. The lowest BCUT2D eigenvalue weighted by atomic mass is 9.98. The smallest absolute Gasteiger partial charge is 0.297 e. The lowest BCUT2D eigenvalue weighted by Gasteiger charge is -2.22. The average Bonchev–Trinajstić information content (AvgIpc) is 3.45. The standard InChI is InChI=1S/C26H24BrN3O4S/c1-3-5-6-13-33-17-10-7-15(8-11-17)22-21-23(31)18-14-16(27)9-12-19(18)34-24(21)25(32)30(22)26-29-28-20(4-2)35-26/h7-12,14,22H,3-6,13H2,1-2H3. The van der Waals surface area contributed by atoms with Gasteiger partial charge in [-0.3, -0.25) is 14.5 Å². The third-order valence-corrected chi connectivity index (χ3v) is 7.57. The first-order chi connectivity index (χ1) is 17.0. The van der Waals surface area contributed by atoms with Crippen LogP contribution in [0.1, 0.15) is 65.8 Å². The van der Waals surface area contributed by atoms with Crippen LogP contribution in [0.4, 0.5) is 5.13 Å². The van der Waals surface area contributed by atoms with E-state index in [4.69, 9.17) is 9.15 Å². The van der Waals surface area contributed by atoms with Crippen LogP contribution < -0.4 is 15.1 Å². The minimum Gasteiger partial charge on any atom is -0.494 e. The van der Waals surface area contributed by atoms with Crippen LogP contribution in [0.2, 0.25) is 0 Å². The molecular formula is C26H24BrN3O4S. The topological polar surface area (TPSA) is 85.5 Å². The number of hydrogen-bond donors (Lipinski definition) is 0. The average molecular weight is 554 g/mol. The van der Waals surface area contributed by atoms with E-state index in [9.17, 15) is 9.59 Å². The zero-order valence-electron chi connectivity index (χ0n) is 19.4. The molecule has 1 atom stereocenters. The van der Waals surface area contributed by atoms with Crippen LogP contribution in [-0.4, -0.2) is 22.7 Å². The molecule has 1 aliphatic rings. The van der Waals surface area contributed by atoms with Crippen molar-refractivity contribution in [1.29, 1.82) is 0 Å². The molecule has 9 heteroatoms. The zero-order chi connectivity index (χ0) is 24.5. The summed E-state index contributed by atoms with van der Waals surface area (Å²) in [4.78, 5) is 28.8. The first-order valence-corrected chi connectivity index (χ1v) is 13.3. The molecule has 2 aromatic heterocycles. The molecule has 0 spiro atoms. The Morgan fingerprint density at radius 1 is 1.09 bits per heavy atom. The number of anilines is 1. The van der Waals surface area contributed by atoms with Crippen molar-refractivity contribution >= 4 is 49.3 Å². The molecule has 2 aromatic carbocycles. The van der Waals surface area contributed by atoms with Crippen LogP contribution in [0.15, 0.2) is 56.1 Å². The fraction of sp³-hybridized carbons (Fsp3) is 0.308. The number of ether oxygens (including phenoxy) is 1. The summed E-state index contributed by atoms with van der Waals surface area (Å²) in [6, 6.07) is 12.0. The summed E-state index contributed by atoms with van der Waals surface area (Å²) in [5, 5.41) is 10.1. The van der Waals surface area contributed by atoms with Crippen LogP contribution in [0.5, 0.6) is 5.75 Å². The summed E-state index contributed by atoms with van der Waals surface area (Å²) in [6.07, 6.45) is 3.95. The van der Waals surface area contributed by atoms with E-state index >= 15 is 0 Å². The highest BCUT2D eigenvalue weighted by molar-refractivity contribution is 9.10. The number of fused-ring (bicyclic) bond motifs is 2. The van der Waals surface area contributed by atoms with Gasteiger partial charge in [0.15, 0.2) is 5.43 Å². The number of carbonyl (C=O) groups is 1. The quantitative estimate of drug-likeness (QED) is 0.238. The Kier molecular flexibility index (Phi) is 6.71. The Morgan fingerprint density at radius 2 is 1.89 bits per heavy atom. The number of benzene rings is 2. The molecule has 5 rings (SSSR count). The van der Waals surface area contributed by atoms with E-state index in [1.807, 2.05) is 31.2 Å². The molecule has 0 N–H and O–H groups in total. The first kappa shape index (κ1) is 23.7. The highest BCUT2D eigenvalue weighted by Crippen LogP contribution is 2.42. The number of aryl methyl sites for hydroxylation is 1. The van der Waals surface area contributed by atoms with Gasteiger partial charge in [0.2, 0.25) is 10.9 Å². The van der Waals surface area contributed by atoms with Crippen molar-refractivity contribution < 1.29 is 13.9 Å². The molecular weight excluding hydrogens is 530 g/mol. The van der Waals surface area contributed by atoms with Gasteiger partial charge >= 0.3 is 0 Å². The second-order valence-electron chi connectivity index (χ2n) is 8.35. The largest absolute Gasteiger partial charge is 0.494 e. The summed E-state index contributed by atoms with van der Waals surface area (Å²) in [7, 11) is 0. The number of halogens is 1. The summed E-state index contributed by atoms with van der Waals surface area (Å²) < 4.78 is 12.6. The van der Waals surface area contributed by atoms with Crippen LogP contribution >= 0.6 is 27.3 Å². The number of unbranched alkanes of at least 4 members (excludes halogenated alkanes) is 2. The first-order valence-electron chi connectivity index (χ1n) is 11.7. The van der Waals surface area contributed by atoms with E-state index in [0.29, 0.717) is 34.7 Å². The Bertz CT molecular complexity index is 1450. The molecule has 0 aliphatic carbocycles. The van der Waals surface area contributed by atoms with Gasteiger partial charge in [0.1, 0.15) is 16.3 Å². The third-order valence-electron chi connectivity index (χ3n) is 6.01. The van der Waals surface area contributed by atoms with Crippen LogP contribution in [0.25, 0.3) is 11.0 Å². The Balaban J connectivity index is 1.61. The number of nitrogens with zero attached hydrogens (tertiary/aromatic N) is 3. The number of carbonyl (C=O) groups excluding carboxylic acids is 1. The molecule has 0 fully saturated rings. The zero-order valence-corrected chi connectivity index (χ0v) is 21.8. The van der Waals surface area contributed by atoms with Crippen molar-refractivity contribution in [2.24, 2.45) is 0 Å². The monoisotopic (exact) mass is 553 g/mol. The van der Waals surface area contributed by atoms with Gasteiger partial charge in [-0.2, -0.15) is 0 Å². The highest BCUT2D eigenvalue weighted by Gasteiger charge is 2.45. The van der Waals surface area contributed by atoms with Gasteiger partial charge in [-0.05, 0) is 48.7 Å². The molecule has 0 saturated carbocycles. The van der Waals surface area contributed by atoms with Gasteiger partial charge in [-0.1, -0.05) is 66.1 Å². The predicted octanol–water partition coefficient (Wildman–Crippen LogP) is 6.29. The van der Waals surface area contributed by atoms with Gasteiger partial charge in [-0.15, -0.1) is 10.2 Å². The molecule has 0 radical (unpaired) electrons. The van der Waals surface area contributed by atoms with Crippen molar-refractivity contribution in [3.63, 3.8) is 0 Å². The van der Waals surface area contributed by atoms with E-state index in [-0.39, 0.29) is 11.2 Å². The molecule has 1 aliphatic heterocycles.